The molecule has 2 atom stereocenters. The van der Waals surface area contributed by atoms with Crippen LogP contribution in [0.1, 0.15) is 46.5 Å². The fraction of sp³-hybridized carbons (Fsp3) is 1.00. The fourth-order valence-electron chi connectivity index (χ4n) is 1.96. The highest BCUT2D eigenvalue weighted by atomic mass is 32.2. The lowest BCUT2D eigenvalue weighted by atomic mass is 10.1. The molecule has 2 unspecified atom stereocenters. The standard InChI is InChI=1S/C12H25NO2S/c1-12(2,3)13-8-10(14)9-16(15)11-6-4-5-7-11/h10-11,13-14H,4-9H2,1-3H3. The summed E-state index contributed by atoms with van der Waals surface area (Å²) in [7, 11) is -0.844. The molecule has 0 spiro atoms. The van der Waals surface area contributed by atoms with E-state index in [4.69, 9.17) is 0 Å². The molecule has 0 aromatic rings. The molecule has 2 N–H and O–H groups in total. The molecule has 0 radical (unpaired) electrons. The lowest BCUT2D eigenvalue weighted by Crippen LogP contribution is -2.42. The highest BCUT2D eigenvalue weighted by Gasteiger charge is 2.23. The van der Waals surface area contributed by atoms with Gasteiger partial charge in [-0.1, -0.05) is 12.8 Å². The van der Waals surface area contributed by atoms with Crippen LogP contribution < -0.4 is 5.32 Å². The van der Waals surface area contributed by atoms with Crippen LogP contribution in [0.4, 0.5) is 0 Å². The van der Waals surface area contributed by atoms with Gasteiger partial charge in [0.2, 0.25) is 0 Å². The topological polar surface area (TPSA) is 49.3 Å². The Bertz CT molecular complexity index is 232. The van der Waals surface area contributed by atoms with E-state index in [9.17, 15) is 9.32 Å². The minimum atomic E-state index is -0.844. The molecule has 0 bridgehead atoms. The second-order valence-electron chi connectivity index (χ2n) is 5.74. The van der Waals surface area contributed by atoms with E-state index in [0.717, 1.165) is 12.8 Å². The van der Waals surface area contributed by atoms with Crippen LogP contribution in [0, 0.1) is 0 Å². The van der Waals surface area contributed by atoms with Gasteiger partial charge in [0.25, 0.3) is 0 Å². The molecule has 3 nitrogen and oxygen atoms in total. The maximum atomic E-state index is 11.9. The first-order valence-electron chi connectivity index (χ1n) is 6.19. The summed E-state index contributed by atoms with van der Waals surface area (Å²) >= 11 is 0. The Morgan fingerprint density at radius 2 is 1.94 bits per heavy atom. The molecular weight excluding hydrogens is 222 g/mol. The fourth-order valence-corrected chi connectivity index (χ4v) is 3.59. The minimum absolute atomic E-state index is 0.00975. The van der Waals surface area contributed by atoms with Crippen LogP contribution in [-0.2, 0) is 10.8 Å². The molecule has 0 aromatic heterocycles. The molecule has 0 aliphatic heterocycles. The Hall–Kier alpha value is 0.0700. The van der Waals surface area contributed by atoms with E-state index in [1.165, 1.54) is 12.8 Å². The van der Waals surface area contributed by atoms with Gasteiger partial charge in [-0.05, 0) is 33.6 Å². The monoisotopic (exact) mass is 247 g/mol. The van der Waals surface area contributed by atoms with Gasteiger partial charge in [-0.3, -0.25) is 4.21 Å². The summed E-state index contributed by atoms with van der Waals surface area (Å²) in [6, 6.07) is 0. The zero-order valence-electron chi connectivity index (χ0n) is 10.7. The molecule has 1 saturated carbocycles. The molecule has 0 aromatic carbocycles. The molecular formula is C12H25NO2S. The Morgan fingerprint density at radius 1 is 1.38 bits per heavy atom. The van der Waals surface area contributed by atoms with Crippen molar-refractivity contribution in [3.8, 4) is 0 Å². The van der Waals surface area contributed by atoms with Crippen LogP contribution in [0.15, 0.2) is 0 Å². The van der Waals surface area contributed by atoms with Gasteiger partial charge < -0.3 is 10.4 Å². The SMILES string of the molecule is CC(C)(C)NCC(O)CS(=O)C1CCCC1. The molecule has 0 saturated heterocycles. The van der Waals surface area contributed by atoms with Crippen LogP contribution >= 0.6 is 0 Å². The van der Waals surface area contributed by atoms with Gasteiger partial charge in [-0.2, -0.15) is 0 Å². The van der Waals surface area contributed by atoms with Crippen molar-refractivity contribution in [3.63, 3.8) is 0 Å². The third kappa shape index (κ3) is 5.41. The summed E-state index contributed by atoms with van der Waals surface area (Å²) in [4.78, 5) is 0. The number of aliphatic hydroxyl groups is 1. The largest absolute Gasteiger partial charge is 0.391 e. The lowest BCUT2D eigenvalue weighted by molar-refractivity contribution is 0.182. The summed E-state index contributed by atoms with van der Waals surface area (Å²) in [5.74, 6) is 0.424. The van der Waals surface area contributed by atoms with Crippen molar-refractivity contribution in [3.05, 3.63) is 0 Å². The van der Waals surface area contributed by atoms with Crippen molar-refractivity contribution in [2.24, 2.45) is 0 Å². The quantitative estimate of drug-likeness (QED) is 0.772. The second-order valence-corrected chi connectivity index (χ2v) is 7.50. The smallest absolute Gasteiger partial charge is 0.0779 e. The first kappa shape index (κ1) is 14.1. The summed E-state index contributed by atoms with van der Waals surface area (Å²) in [6.45, 7) is 6.72. The summed E-state index contributed by atoms with van der Waals surface area (Å²) < 4.78 is 11.9. The minimum Gasteiger partial charge on any atom is -0.391 e. The van der Waals surface area contributed by atoms with E-state index in [0.29, 0.717) is 17.5 Å². The molecule has 4 heteroatoms. The van der Waals surface area contributed by atoms with Gasteiger partial charge in [0.05, 0.1) is 11.9 Å². The Balaban J connectivity index is 2.22. The van der Waals surface area contributed by atoms with Gasteiger partial charge in [0, 0.05) is 28.1 Å². The molecule has 96 valence electrons. The maximum absolute atomic E-state index is 11.9. The normalized spacial score (nSPS) is 22.2. The molecule has 1 rings (SSSR count). The summed E-state index contributed by atoms with van der Waals surface area (Å²) in [5.41, 5.74) is 0.00975. The average Bonchev–Trinajstić information content (AvgIpc) is 2.66. The first-order valence-corrected chi connectivity index (χ1v) is 7.57. The average molecular weight is 247 g/mol. The van der Waals surface area contributed by atoms with Gasteiger partial charge in [-0.15, -0.1) is 0 Å². The summed E-state index contributed by atoms with van der Waals surface area (Å²) in [6.07, 6.45) is 4.07. The van der Waals surface area contributed by atoms with Crippen LogP contribution in [0.5, 0.6) is 0 Å². The van der Waals surface area contributed by atoms with Crippen molar-refractivity contribution in [1.29, 1.82) is 0 Å². The van der Waals surface area contributed by atoms with Gasteiger partial charge in [-0.25, -0.2) is 0 Å². The number of hydrogen-bond acceptors (Lipinski definition) is 3. The van der Waals surface area contributed by atoms with Crippen molar-refractivity contribution < 1.29 is 9.32 Å². The van der Waals surface area contributed by atoms with E-state index < -0.39 is 16.9 Å². The predicted octanol–water partition coefficient (Wildman–Crippen LogP) is 1.43. The van der Waals surface area contributed by atoms with E-state index >= 15 is 0 Å². The zero-order chi connectivity index (χ0) is 12.2. The van der Waals surface area contributed by atoms with Gasteiger partial charge in [0.1, 0.15) is 0 Å². The third-order valence-corrected chi connectivity index (χ3v) is 4.83. The number of hydrogen-bond donors (Lipinski definition) is 2. The van der Waals surface area contributed by atoms with Crippen LogP contribution in [0.25, 0.3) is 0 Å². The van der Waals surface area contributed by atoms with Crippen molar-refractivity contribution in [2.75, 3.05) is 12.3 Å². The predicted molar refractivity (Wildman–Crippen MR) is 69.0 cm³/mol. The Kier molecular flexibility index (Phi) is 5.41. The van der Waals surface area contributed by atoms with Crippen LogP contribution in [0.3, 0.4) is 0 Å². The Labute approximate surface area is 101 Å². The number of nitrogens with one attached hydrogen (secondary N) is 1. The van der Waals surface area contributed by atoms with Gasteiger partial charge >= 0.3 is 0 Å². The van der Waals surface area contributed by atoms with Gasteiger partial charge in [0.15, 0.2) is 0 Å². The zero-order valence-corrected chi connectivity index (χ0v) is 11.5. The molecule has 1 aliphatic rings. The van der Waals surface area contributed by atoms with Crippen LogP contribution in [-0.4, -0.2) is 38.5 Å². The van der Waals surface area contributed by atoms with Crippen LogP contribution in [0.2, 0.25) is 0 Å². The summed E-state index contributed by atoms with van der Waals surface area (Å²) in [5, 5.41) is 13.4. The molecule has 16 heavy (non-hydrogen) atoms. The van der Waals surface area contributed by atoms with E-state index in [1.807, 2.05) is 0 Å². The highest BCUT2D eigenvalue weighted by Crippen LogP contribution is 2.23. The van der Waals surface area contributed by atoms with Crippen molar-refractivity contribution in [2.45, 2.75) is 63.3 Å². The number of β-amino-alcohol motifs (C(OH)–C–C–N with tert-alkyl or cyclic N) is 1. The number of aliphatic hydroxyl groups excluding tert-OH is 1. The maximum Gasteiger partial charge on any atom is 0.0779 e. The lowest BCUT2D eigenvalue weighted by Gasteiger charge is -2.23. The van der Waals surface area contributed by atoms with E-state index in [-0.39, 0.29) is 5.54 Å². The second kappa shape index (κ2) is 6.12. The highest BCUT2D eigenvalue weighted by molar-refractivity contribution is 7.85. The third-order valence-electron chi connectivity index (χ3n) is 2.90. The molecule has 1 aliphatic carbocycles. The number of rotatable bonds is 5. The van der Waals surface area contributed by atoms with E-state index in [2.05, 4.69) is 26.1 Å². The molecule has 1 fully saturated rings. The first-order chi connectivity index (χ1) is 7.38. The van der Waals surface area contributed by atoms with Crippen molar-refractivity contribution >= 4 is 10.8 Å². The molecule has 0 amide bonds. The van der Waals surface area contributed by atoms with E-state index in [1.54, 1.807) is 0 Å². The Morgan fingerprint density at radius 3 is 2.44 bits per heavy atom. The molecule has 0 heterocycles. The van der Waals surface area contributed by atoms with Crippen molar-refractivity contribution in [1.82, 2.24) is 5.32 Å².